The Morgan fingerprint density at radius 2 is 1.86 bits per heavy atom. The fourth-order valence-corrected chi connectivity index (χ4v) is 2.84. The van der Waals surface area contributed by atoms with Crippen molar-refractivity contribution in [2.24, 2.45) is 0 Å². The summed E-state index contributed by atoms with van der Waals surface area (Å²) in [6.07, 6.45) is 5.73. The van der Waals surface area contributed by atoms with Gasteiger partial charge in [-0.1, -0.05) is 13.5 Å². The Balaban J connectivity index is 2.00. The van der Waals surface area contributed by atoms with Gasteiger partial charge in [0.1, 0.15) is 5.82 Å². The second-order valence-corrected chi connectivity index (χ2v) is 6.70. The van der Waals surface area contributed by atoms with Crippen molar-refractivity contribution in [3.63, 3.8) is 0 Å². The van der Waals surface area contributed by atoms with E-state index in [2.05, 4.69) is 27.2 Å². The van der Waals surface area contributed by atoms with E-state index in [1.165, 1.54) is 18.3 Å². The van der Waals surface area contributed by atoms with Crippen LogP contribution < -0.4 is 10.6 Å². The zero-order valence-corrected chi connectivity index (χ0v) is 16.5. The SMILES string of the molecule is C=C(C)c1cnc(-c2ccc(F)cc2)cc1Nc1ccncc1C(=O)NCCC. The van der Waals surface area contributed by atoms with Gasteiger partial charge in [-0.05, 0) is 55.3 Å². The average Bonchev–Trinajstić information content (AvgIpc) is 2.72. The third-order valence-corrected chi connectivity index (χ3v) is 4.37. The molecule has 0 unspecified atom stereocenters. The van der Waals surface area contributed by atoms with E-state index in [9.17, 15) is 9.18 Å². The highest BCUT2D eigenvalue weighted by molar-refractivity contribution is 6.00. The highest BCUT2D eigenvalue weighted by Crippen LogP contribution is 2.30. The maximum Gasteiger partial charge on any atom is 0.254 e. The van der Waals surface area contributed by atoms with Gasteiger partial charge in [0.2, 0.25) is 0 Å². The number of amides is 1. The van der Waals surface area contributed by atoms with Gasteiger partial charge in [-0.15, -0.1) is 0 Å². The Morgan fingerprint density at radius 1 is 1.10 bits per heavy atom. The third-order valence-electron chi connectivity index (χ3n) is 4.37. The molecule has 0 saturated heterocycles. The molecule has 0 aliphatic rings. The molecule has 0 aliphatic heterocycles. The van der Waals surface area contributed by atoms with E-state index in [0.29, 0.717) is 23.5 Å². The first kappa shape index (κ1) is 20.2. The molecule has 2 N–H and O–H groups in total. The summed E-state index contributed by atoms with van der Waals surface area (Å²) in [6, 6.07) is 9.77. The summed E-state index contributed by atoms with van der Waals surface area (Å²) in [4.78, 5) is 21.1. The van der Waals surface area contributed by atoms with Gasteiger partial charge in [-0.25, -0.2) is 4.39 Å². The maximum absolute atomic E-state index is 13.3. The molecule has 0 atom stereocenters. The molecule has 3 aromatic rings. The van der Waals surface area contributed by atoms with Crippen LogP contribution in [0, 0.1) is 5.82 Å². The van der Waals surface area contributed by atoms with Crippen LogP contribution in [-0.2, 0) is 0 Å². The second kappa shape index (κ2) is 9.10. The number of pyridine rings is 2. The molecule has 0 aliphatic carbocycles. The number of halogens is 1. The van der Waals surface area contributed by atoms with Crippen LogP contribution in [0.3, 0.4) is 0 Å². The standard InChI is InChI=1S/C23H23FN4O/c1-4-10-26-23(29)19-13-25-11-9-20(19)28-22-12-21(27-14-18(22)15(2)3)16-5-7-17(24)8-6-16/h5-9,11-14H,2,4,10H2,1,3H3,(H,26,29)(H,25,27,28). The lowest BCUT2D eigenvalue weighted by Gasteiger charge is -2.16. The lowest BCUT2D eigenvalue weighted by molar-refractivity contribution is 0.0954. The van der Waals surface area contributed by atoms with Crippen LogP contribution in [0.1, 0.15) is 36.2 Å². The number of benzene rings is 1. The molecule has 0 radical (unpaired) electrons. The van der Waals surface area contributed by atoms with E-state index in [0.717, 1.165) is 28.8 Å². The zero-order chi connectivity index (χ0) is 20.8. The maximum atomic E-state index is 13.3. The molecule has 0 bridgehead atoms. The predicted octanol–water partition coefficient (Wildman–Crippen LogP) is 5.20. The Morgan fingerprint density at radius 3 is 2.55 bits per heavy atom. The highest BCUT2D eigenvalue weighted by Gasteiger charge is 2.14. The van der Waals surface area contributed by atoms with Crippen molar-refractivity contribution in [3.05, 3.63) is 78.5 Å². The number of aromatic nitrogens is 2. The van der Waals surface area contributed by atoms with Crippen LogP contribution in [0.15, 0.2) is 61.6 Å². The monoisotopic (exact) mass is 390 g/mol. The topological polar surface area (TPSA) is 66.9 Å². The van der Waals surface area contributed by atoms with E-state index < -0.39 is 0 Å². The van der Waals surface area contributed by atoms with Crippen LogP contribution in [0.2, 0.25) is 0 Å². The Hall–Kier alpha value is -3.54. The van der Waals surface area contributed by atoms with Crippen molar-refractivity contribution < 1.29 is 9.18 Å². The fourth-order valence-electron chi connectivity index (χ4n) is 2.84. The molecule has 29 heavy (non-hydrogen) atoms. The number of hydrogen-bond acceptors (Lipinski definition) is 4. The molecule has 2 aromatic heterocycles. The second-order valence-electron chi connectivity index (χ2n) is 6.70. The van der Waals surface area contributed by atoms with Crippen LogP contribution in [-0.4, -0.2) is 22.4 Å². The van der Waals surface area contributed by atoms with Gasteiger partial charge in [0.05, 0.1) is 16.9 Å². The van der Waals surface area contributed by atoms with E-state index in [1.54, 1.807) is 30.6 Å². The molecular weight excluding hydrogens is 367 g/mol. The van der Waals surface area contributed by atoms with Gasteiger partial charge in [-0.2, -0.15) is 0 Å². The molecule has 148 valence electrons. The summed E-state index contributed by atoms with van der Waals surface area (Å²) in [6.45, 7) is 8.50. The summed E-state index contributed by atoms with van der Waals surface area (Å²) in [5.41, 5.74) is 4.97. The Labute approximate surface area is 169 Å². The van der Waals surface area contributed by atoms with Crippen LogP contribution in [0.25, 0.3) is 16.8 Å². The lowest BCUT2D eigenvalue weighted by Crippen LogP contribution is -2.25. The normalized spacial score (nSPS) is 10.4. The summed E-state index contributed by atoms with van der Waals surface area (Å²) in [5, 5.41) is 6.20. The number of carbonyl (C=O) groups excluding carboxylic acids is 1. The van der Waals surface area contributed by atoms with Gasteiger partial charge >= 0.3 is 0 Å². The number of rotatable bonds is 7. The van der Waals surface area contributed by atoms with Crippen molar-refractivity contribution >= 4 is 22.9 Å². The van der Waals surface area contributed by atoms with Gasteiger partial charge in [0, 0.05) is 41.9 Å². The fraction of sp³-hybridized carbons (Fsp3) is 0.174. The van der Waals surface area contributed by atoms with Crippen molar-refractivity contribution in [2.45, 2.75) is 20.3 Å². The summed E-state index contributed by atoms with van der Waals surface area (Å²) >= 11 is 0. The first-order valence-corrected chi connectivity index (χ1v) is 9.40. The Bertz CT molecular complexity index is 1030. The largest absolute Gasteiger partial charge is 0.354 e. The minimum Gasteiger partial charge on any atom is -0.354 e. The number of allylic oxidation sites excluding steroid dienone is 1. The predicted molar refractivity (Wildman–Crippen MR) is 114 cm³/mol. The highest BCUT2D eigenvalue weighted by atomic mass is 19.1. The summed E-state index contributed by atoms with van der Waals surface area (Å²) in [5.74, 6) is -0.489. The molecule has 2 heterocycles. The van der Waals surface area contributed by atoms with Gasteiger partial charge in [0.25, 0.3) is 5.91 Å². The molecule has 1 aromatic carbocycles. The van der Waals surface area contributed by atoms with Crippen molar-refractivity contribution in [1.82, 2.24) is 15.3 Å². The first-order chi connectivity index (χ1) is 14.0. The molecule has 0 spiro atoms. The van der Waals surface area contributed by atoms with E-state index >= 15 is 0 Å². The minimum atomic E-state index is -0.301. The molecule has 0 saturated carbocycles. The van der Waals surface area contributed by atoms with Crippen molar-refractivity contribution in [3.8, 4) is 11.3 Å². The van der Waals surface area contributed by atoms with Gasteiger partial charge in [0.15, 0.2) is 0 Å². The number of nitrogens with one attached hydrogen (secondary N) is 2. The number of anilines is 2. The number of carbonyl (C=O) groups is 1. The molecule has 3 rings (SSSR count). The molecule has 1 amide bonds. The molecule has 5 nitrogen and oxygen atoms in total. The van der Waals surface area contributed by atoms with Crippen LogP contribution in [0.4, 0.5) is 15.8 Å². The summed E-state index contributed by atoms with van der Waals surface area (Å²) in [7, 11) is 0. The van der Waals surface area contributed by atoms with E-state index in [4.69, 9.17) is 0 Å². The minimum absolute atomic E-state index is 0.188. The number of hydrogen-bond donors (Lipinski definition) is 2. The molecular formula is C23H23FN4O. The quantitative estimate of drug-likeness (QED) is 0.582. The third kappa shape index (κ3) is 4.85. The van der Waals surface area contributed by atoms with E-state index in [1.807, 2.05) is 19.9 Å². The first-order valence-electron chi connectivity index (χ1n) is 9.40. The zero-order valence-electron chi connectivity index (χ0n) is 16.5. The van der Waals surface area contributed by atoms with Crippen molar-refractivity contribution in [2.75, 3.05) is 11.9 Å². The van der Waals surface area contributed by atoms with Gasteiger partial charge in [-0.3, -0.25) is 14.8 Å². The van der Waals surface area contributed by atoms with Gasteiger partial charge < -0.3 is 10.6 Å². The van der Waals surface area contributed by atoms with Crippen molar-refractivity contribution in [1.29, 1.82) is 0 Å². The van der Waals surface area contributed by atoms with Crippen LogP contribution >= 0.6 is 0 Å². The summed E-state index contributed by atoms with van der Waals surface area (Å²) < 4.78 is 13.3. The smallest absolute Gasteiger partial charge is 0.254 e. The van der Waals surface area contributed by atoms with E-state index in [-0.39, 0.29) is 11.7 Å². The lowest BCUT2D eigenvalue weighted by atomic mass is 10.0. The molecule has 6 heteroatoms. The molecule has 0 fully saturated rings. The Kier molecular flexibility index (Phi) is 6.34. The average molecular weight is 390 g/mol. The number of nitrogens with zero attached hydrogens (tertiary/aromatic N) is 2. The van der Waals surface area contributed by atoms with Crippen LogP contribution in [0.5, 0.6) is 0 Å².